The van der Waals surface area contributed by atoms with Crippen LogP contribution in [0.25, 0.3) is 12.2 Å². The number of hydrogen-bond donors (Lipinski definition) is 0. The largest absolute Gasteiger partial charge is 0.242 e. The summed E-state index contributed by atoms with van der Waals surface area (Å²) in [4.78, 5) is 0. The second-order valence-electron chi connectivity index (χ2n) is 6.76. The van der Waals surface area contributed by atoms with Gasteiger partial charge in [-0.2, -0.15) is 0 Å². The fraction of sp³-hybridized carbons (Fsp3) is 0.200. The summed E-state index contributed by atoms with van der Waals surface area (Å²) in [6.45, 7) is 2.08. The molecule has 138 valence electrons. The number of rotatable bonds is 7. The van der Waals surface area contributed by atoms with E-state index in [0.717, 1.165) is 29.5 Å². The molecule has 0 aliphatic carbocycles. The van der Waals surface area contributed by atoms with Crippen molar-refractivity contribution in [3.8, 4) is 0 Å². The first kappa shape index (κ1) is 19.0. The van der Waals surface area contributed by atoms with E-state index in [1.807, 2.05) is 72.8 Å². The average Bonchev–Trinajstić information content (AvgIpc) is 2.69. The van der Waals surface area contributed by atoms with Crippen LogP contribution in [0, 0.1) is 5.82 Å². The fourth-order valence-electron chi connectivity index (χ4n) is 3.09. The highest BCUT2D eigenvalue weighted by Crippen LogP contribution is 2.22. The molecule has 1 atom stereocenters. The molecular weight excluding hydrogens is 338 g/mol. The van der Waals surface area contributed by atoms with E-state index in [2.05, 4.69) is 6.92 Å². The lowest BCUT2D eigenvalue weighted by molar-refractivity contribution is 0.342. The van der Waals surface area contributed by atoms with Crippen LogP contribution in [0.1, 0.15) is 47.3 Å². The predicted molar refractivity (Wildman–Crippen MR) is 110 cm³/mol. The van der Waals surface area contributed by atoms with E-state index in [4.69, 9.17) is 0 Å². The molecule has 2 heteroatoms. The van der Waals surface area contributed by atoms with Gasteiger partial charge in [0.2, 0.25) is 0 Å². The molecule has 0 fully saturated rings. The second kappa shape index (κ2) is 9.27. The van der Waals surface area contributed by atoms with Crippen LogP contribution < -0.4 is 0 Å². The molecule has 0 spiro atoms. The second-order valence-corrected chi connectivity index (χ2v) is 6.76. The van der Waals surface area contributed by atoms with E-state index >= 15 is 0 Å². The molecule has 0 unspecified atom stereocenters. The zero-order valence-corrected chi connectivity index (χ0v) is 15.5. The average molecular weight is 362 g/mol. The van der Waals surface area contributed by atoms with Crippen molar-refractivity contribution in [3.63, 3.8) is 0 Å². The quantitative estimate of drug-likeness (QED) is 0.390. The van der Waals surface area contributed by atoms with Gasteiger partial charge in [0.05, 0.1) is 0 Å². The molecule has 0 amide bonds. The summed E-state index contributed by atoms with van der Waals surface area (Å²) < 4.78 is 28.5. The maximum Gasteiger partial charge on any atom is 0.130 e. The molecule has 0 heterocycles. The number of benzene rings is 3. The highest BCUT2D eigenvalue weighted by atomic mass is 19.1. The van der Waals surface area contributed by atoms with Gasteiger partial charge in [0.1, 0.15) is 12.0 Å². The standard InChI is InChI=1S/C25H24F2/c1-2-6-20-14-16-23(25(27)17-20)15-13-19-9-11-21(12-10-19)18-24(26)22-7-4-3-5-8-22/h3-5,7-17,24H,2,6,18H2,1H3/t24-/m1/s1. The van der Waals surface area contributed by atoms with Crippen molar-refractivity contribution >= 4 is 12.2 Å². The Morgan fingerprint density at radius 3 is 2.22 bits per heavy atom. The van der Waals surface area contributed by atoms with Crippen LogP contribution in [0.5, 0.6) is 0 Å². The molecule has 27 heavy (non-hydrogen) atoms. The van der Waals surface area contributed by atoms with Gasteiger partial charge in [0.25, 0.3) is 0 Å². The van der Waals surface area contributed by atoms with Gasteiger partial charge in [-0.15, -0.1) is 0 Å². The van der Waals surface area contributed by atoms with Crippen molar-refractivity contribution in [2.24, 2.45) is 0 Å². The van der Waals surface area contributed by atoms with Crippen molar-refractivity contribution in [1.29, 1.82) is 0 Å². The summed E-state index contributed by atoms with van der Waals surface area (Å²) in [5.74, 6) is -0.197. The molecule has 0 nitrogen and oxygen atoms in total. The maximum atomic E-state index is 14.4. The van der Waals surface area contributed by atoms with Crippen molar-refractivity contribution in [3.05, 3.63) is 106 Å². The fourth-order valence-corrected chi connectivity index (χ4v) is 3.09. The Bertz CT molecular complexity index is 880. The van der Waals surface area contributed by atoms with Crippen molar-refractivity contribution in [1.82, 2.24) is 0 Å². The Labute approximate surface area is 160 Å². The molecule has 0 bridgehead atoms. The van der Waals surface area contributed by atoms with Gasteiger partial charge in [0.15, 0.2) is 0 Å². The molecule has 0 aromatic heterocycles. The highest BCUT2D eigenvalue weighted by molar-refractivity contribution is 5.70. The van der Waals surface area contributed by atoms with Gasteiger partial charge in [-0.05, 0) is 34.7 Å². The predicted octanol–water partition coefficient (Wildman–Crippen LogP) is 7.20. The van der Waals surface area contributed by atoms with Crippen LogP contribution in [-0.2, 0) is 12.8 Å². The van der Waals surface area contributed by atoms with E-state index in [-0.39, 0.29) is 5.82 Å². The molecule has 3 rings (SSSR count). The summed E-state index contributed by atoms with van der Waals surface area (Å²) in [7, 11) is 0. The molecule has 0 radical (unpaired) electrons. The summed E-state index contributed by atoms with van der Waals surface area (Å²) in [5.41, 5.74) is 4.20. The minimum absolute atomic E-state index is 0.197. The molecule has 0 saturated heterocycles. The first-order chi connectivity index (χ1) is 13.2. The third-order valence-electron chi connectivity index (χ3n) is 4.61. The minimum Gasteiger partial charge on any atom is -0.242 e. The van der Waals surface area contributed by atoms with Crippen molar-refractivity contribution in [2.75, 3.05) is 0 Å². The number of aryl methyl sites for hydroxylation is 1. The summed E-state index contributed by atoms with van der Waals surface area (Å²) in [5, 5.41) is 0. The third-order valence-corrected chi connectivity index (χ3v) is 4.61. The van der Waals surface area contributed by atoms with E-state index in [9.17, 15) is 8.78 Å². The van der Waals surface area contributed by atoms with Crippen LogP contribution in [0.4, 0.5) is 8.78 Å². The Morgan fingerprint density at radius 2 is 1.56 bits per heavy atom. The van der Waals surface area contributed by atoms with E-state index in [1.165, 1.54) is 0 Å². The first-order valence-corrected chi connectivity index (χ1v) is 9.40. The van der Waals surface area contributed by atoms with E-state index < -0.39 is 6.17 Å². The molecule has 0 aliphatic heterocycles. The SMILES string of the molecule is CCCc1ccc(C=Cc2ccc(C[C@@H](F)c3ccccc3)cc2)c(F)c1. The lowest BCUT2D eigenvalue weighted by atomic mass is 10.0. The van der Waals surface area contributed by atoms with Crippen molar-refractivity contribution in [2.45, 2.75) is 32.4 Å². The van der Waals surface area contributed by atoms with Gasteiger partial charge in [-0.25, -0.2) is 8.78 Å². The first-order valence-electron chi connectivity index (χ1n) is 9.40. The van der Waals surface area contributed by atoms with E-state index in [1.54, 1.807) is 12.1 Å². The number of alkyl halides is 1. The van der Waals surface area contributed by atoms with Crippen LogP contribution in [-0.4, -0.2) is 0 Å². The van der Waals surface area contributed by atoms with Crippen LogP contribution in [0.3, 0.4) is 0 Å². The van der Waals surface area contributed by atoms with Crippen LogP contribution >= 0.6 is 0 Å². The third kappa shape index (κ3) is 5.37. The molecule has 3 aromatic rings. The molecular formula is C25H24F2. The topological polar surface area (TPSA) is 0 Å². The summed E-state index contributed by atoms with van der Waals surface area (Å²) >= 11 is 0. The molecule has 0 aliphatic rings. The summed E-state index contributed by atoms with van der Waals surface area (Å²) in [6, 6.07) is 22.3. The Morgan fingerprint density at radius 1 is 0.852 bits per heavy atom. The van der Waals surface area contributed by atoms with Crippen LogP contribution in [0.2, 0.25) is 0 Å². The van der Waals surface area contributed by atoms with Gasteiger partial charge in [-0.1, -0.05) is 92.2 Å². The monoisotopic (exact) mass is 362 g/mol. The van der Waals surface area contributed by atoms with Gasteiger partial charge in [-0.3, -0.25) is 0 Å². The Balaban J connectivity index is 1.64. The van der Waals surface area contributed by atoms with Gasteiger partial charge < -0.3 is 0 Å². The normalized spacial score (nSPS) is 12.4. The van der Waals surface area contributed by atoms with Crippen LogP contribution in [0.15, 0.2) is 72.8 Å². The molecule has 3 aromatic carbocycles. The number of halogens is 2. The Hall–Kier alpha value is -2.74. The van der Waals surface area contributed by atoms with Crippen molar-refractivity contribution < 1.29 is 8.78 Å². The molecule has 0 saturated carbocycles. The summed E-state index contributed by atoms with van der Waals surface area (Å²) in [6.07, 6.45) is 4.89. The van der Waals surface area contributed by atoms with E-state index in [0.29, 0.717) is 17.5 Å². The van der Waals surface area contributed by atoms with Gasteiger partial charge >= 0.3 is 0 Å². The van der Waals surface area contributed by atoms with Gasteiger partial charge in [0, 0.05) is 12.0 Å². The molecule has 0 N–H and O–H groups in total. The Kier molecular flexibility index (Phi) is 6.54. The zero-order valence-electron chi connectivity index (χ0n) is 15.5. The highest BCUT2D eigenvalue weighted by Gasteiger charge is 2.09. The minimum atomic E-state index is -1.01. The zero-order chi connectivity index (χ0) is 19.1. The number of hydrogen-bond acceptors (Lipinski definition) is 0. The smallest absolute Gasteiger partial charge is 0.130 e. The lowest BCUT2D eigenvalue weighted by Gasteiger charge is -2.08. The lowest BCUT2D eigenvalue weighted by Crippen LogP contribution is -1.96. The maximum absolute atomic E-state index is 14.4.